The molecule has 0 aliphatic carbocycles. The van der Waals surface area contributed by atoms with Crippen molar-refractivity contribution in [1.82, 2.24) is 30.3 Å². The first-order chi connectivity index (χ1) is 13.9. The summed E-state index contributed by atoms with van der Waals surface area (Å²) >= 11 is 0. The Morgan fingerprint density at radius 3 is 2.83 bits per heavy atom. The molecule has 1 amide bonds. The minimum atomic E-state index is -0.486. The molecule has 2 N–H and O–H groups in total. The van der Waals surface area contributed by atoms with Gasteiger partial charge in [-0.1, -0.05) is 6.42 Å². The molecule has 0 bridgehead atoms. The number of amides is 1. The summed E-state index contributed by atoms with van der Waals surface area (Å²) in [5.74, 6) is 3.03. The molecule has 1 unspecified atom stereocenters. The predicted molar refractivity (Wildman–Crippen MR) is 112 cm³/mol. The predicted octanol–water partition coefficient (Wildman–Crippen LogP) is 1.72. The SMILES string of the molecule is CN=C(NCCc1nnc2n1CCCCC2)N1CCC(NC(=O)OC(C)(C)C)C1. The van der Waals surface area contributed by atoms with E-state index in [-0.39, 0.29) is 12.1 Å². The van der Waals surface area contributed by atoms with Gasteiger partial charge >= 0.3 is 6.09 Å². The second-order valence-corrected chi connectivity index (χ2v) is 8.80. The number of nitrogens with zero attached hydrogens (tertiary/aromatic N) is 5. The minimum absolute atomic E-state index is 0.0654. The number of alkyl carbamates (subject to hydrolysis) is 1. The molecule has 1 atom stereocenters. The second kappa shape index (κ2) is 9.45. The van der Waals surface area contributed by atoms with Gasteiger partial charge in [-0.15, -0.1) is 10.2 Å². The fourth-order valence-electron chi connectivity index (χ4n) is 3.89. The highest BCUT2D eigenvalue weighted by atomic mass is 16.6. The number of nitrogens with one attached hydrogen (secondary N) is 2. The van der Waals surface area contributed by atoms with Crippen molar-refractivity contribution in [2.75, 3.05) is 26.7 Å². The van der Waals surface area contributed by atoms with Gasteiger partial charge in [0.25, 0.3) is 0 Å². The lowest BCUT2D eigenvalue weighted by atomic mass is 10.2. The fraction of sp³-hybridized carbons (Fsp3) is 0.800. The van der Waals surface area contributed by atoms with Gasteiger partial charge < -0.3 is 24.8 Å². The number of hydrogen-bond donors (Lipinski definition) is 2. The van der Waals surface area contributed by atoms with Crippen LogP contribution in [0.3, 0.4) is 0 Å². The molecule has 162 valence electrons. The van der Waals surface area contributed by atoms with Gasteiger partial charge in [0.1, 0.15) is 17.2 Å². The number of guanidine groups is 1. The summed E-state index contributed by atoms with van der Waals surface area (Å²) in [6.45, 7) is 8.95. The first kappa shape index (κ1) is 21.4. The van der Waals surface area contributed by atoms with Gasteiger partial charge in [-0.05, 0) is 40.0 Å². The quantitative estimate of drug-likeness (QED) is 0.585. The van der Waals surface area contributed by atoms with E-state index in [2.05, 4.69) is 35.3 Å². The maximum Gasteiger partial charge on any atom is 0.407 e. The van der Waals surface area contributed by atoms with Crippen LogP contribution in [0.4, 0.5) is 4.79 Å². The van der Waals surface area contributed by atoms with Crippen LogP contribution in [-0.4, -0.2) is 70.0 Å². The maximum atomic E-state index is 12.0. The van der Waals surface area contributed by atoms with E-state index in [0.29, 0.717) is 0 Å². The normalized spacial score (nSPS) is 20.2. The van der Waals surface area contributed by atoms with Crippen molar-refractivity contribution in [3.8, 4) is 0 Å². The molecule has 1 saturated heterocycles. The number of carbonyl (C=O) groups is 1. The topological polar surface area (TPSA) is 96.7 Å². The highest BCUT2D eigenvalue weighted by Crippen LogP contribution is 2.15. The Balaban J connectivity index is 1.45. The van der Waals surface area contributed by atoms with E-state index < -0.39 is 5.60 Å². The van der Waals surface area contributed by atoms with Crippen molar-refractivity contribution in [3.63, 3.8) is 0 Å². The molecule has 3 rings (SSSR count). The molecular formula is C20H35N7O2. The van der Waals surface area contributed by atoms with Gasteiger partial charge in [0.05, 0.1) is 6.04 Å². The lowest BCUT2D eigenvalue weighted by Gasteiger charge is -2.23. The summed E-state index contributed by atoms with van der Waals surface area (Å²) in [6, 6.07) is 0.0654. The van der Waals surface area contributed by atoms with E-state index in [1.165, 1.54) is 19.3 Å². The van der Waals surface area contributed by atoms with Crippen molar-refractivity contribution in [1.29, 1.82) is 0 Å². The first-order valence-electron chi connectivity index (χ1n) is 10.7. The fourth-order valence-corrected chi connectivity index (χ4v) is 3.89. The van der Waals surface area contributed by atoms with Crippen LogP contribution < -0.4 is 10.6 Å². The molecule has 0 spiro atoms. The average molecular weight is 406 g/mol. The third kappa shape index (κ3) is 6.08. The van der Waals surface area contributed by atoms with E-state index >= 15 is 0 Å². The Hall–Kier alpha value is -2.32. The molecule has 1 aromatic heterocycles. The van der Waals surface area contributed by atoms with Crippen molar-refractivity contribution >= 4 is 12.1 Å². The number of ether oxygens (including phenoxy) is 1. The molecule has 0 aromatic carbocycles. The number of hydrogen-bond acceptors (Lipinski definition) is 5. The second-order valence-electron chi connectivity index (χ2n) is 8.80. The van der Waals surface area contributed by atoms with E-state index in [9.17, 15) is 4.79 Å². The Bertz CT molecular complexity index is 723. The van der Waals surface area contributed by atoms with Gasteiger partial charge in [0, 0.05) is 46.1 Å². The number of rotatable bonds is 4. The monoisotopic (exact) mass is 405 g/mol. The summed E-state index contributed by atoms with van der Waals surface area (Å²) < 4.78 is 7.64. The Morgan fingerprint density at radius 2 is 2.07 bits per heavy atom. The lowest BCUT2D eigenvalue weighted by molar-refractivity contribution is 0.0507. The van der Waals surface area contributed by atoms with Crippen molar-refractivity contribution in [2.45, 2.75) is 77.5 Å². The third-order valence-electron chi connectivity index (χ3n) is 5.24. The Labute approximate surface area is 173 Å². The molecule has 2 aliphatic rings. The van der Waals surface area contributed by atoms with Crippen LogP contribution in [0.5, 0.6) is 0 Å². The highest BCUT2D eigenvalue weighted by molar-refractivity contribution is 5.80. The zero-order valence-electron chi connectivity index (χ0n) is 18.2. The number of aryl methyl sites for hydroxylation is 1. The molecule has 9 heteroatoms. The smallest absolute Gasteiger partial charge is 0.407 e. The summed E-state index contributed by atoms with van der Waals surface area (Å²) in [5, 5.41) is 15.1. The van der Waals surface area contributed by atoms with E-state index in [1.807, 2.05) is 20.8 Å². The third-order valence-corrected chi connectivity index (χ3v) is 5.24. The molecule has 3 heterocycles. The zero-order valence-corrected chi connectivity index (χ0v) is 18.2. The van der Waals surface area contributed by atoms with Gasteiger partial charge in [-0.25, -0.2) is 4.79 Å². The van der Waals surface area contributed by atoms with E-state index in [0.717, 1.165) is 63.0 Å². The standard InChI is InChI=1S/C20H35N7O2/c1-20(2,3)29-19(28)23-15-10-13-26(14-15)18(21-4)22-11-9-17-25-24-16-8-6-5-7-12-27(16)17/h15H,5-14H2,1-4H3,(H,21,22)(H,23,28). The number of aromatic nitrogens is 3. The minimum Gasteiger partial charge on any atom is -0.444 e. The molecule has 0 saturated carbocycles. The van der Waals surface area contributed by atoms with Crippen LogP contribution in [0.15, 0.2) is 4.99 Å². The lowest BCUT2D eigenvalue weighted by Crippen LogP contribution is -2.44. The maximum absolute atomic E-state index is 12.0. The van der Waals surface area contributed by atoms with E-state index in [4.69, 9.17) is 4.74 Å². The summed E-state index contributed by atoms with van der Waals surface area (Å²) in [6.07, 6.45) is 6.03. The van der Waals surface area contributed by atoms with Crippen LogP contribution >= 0.6 is 0 Å². The summed E-state index contributed by atoms with van der Waals surface area (Å²) in [4.78, 5) is 18.6. The molecule has 1 fully saturated rings. The molecule has 2 aliphatic heterocycles. The average Bonchev–Trinajstić information content (AvgIpc) is 3.17. The van der Waals surface area contributed by atoms with Gasteiger partial charge in [-0.2, -0.15) is 0 Å². The molecule has 9 nitrogen and oxygen atoms in total. The van der Waals surface area contributed by atoms with Crippen LogP contribution in [0.2, 0.25) is 0 Å². The number of aliphatic imine (C=N–C) groups is 1. The van der Waals surface area contributed by atoms with E-state index in [1.54, 1.807) is 7.05 Å². The van der Waals surface area contributed by atoms with Crippen LogP contribution in [0.1, 0.15) is 58.1 Å². The summed E-state index contributed by atoms with van der Waals surface area (Å²) in [5.41, 5.74) is -0.486. The van der Waals surface area contributed by atoms with Gasteiger partial charge in [0.2, 0.25) is 0 Å². The Kier molecular flexibility index (Phi) is 6.97. The van der Waals surface area contributed by atoms with Crippen LogP contribution in [0, 0.1) is 0 Å². The van der Waals surface area contributed by atoms with Crippen molar-refractivity contribution in [3.05, 3.63) is 11.6 Å². The van der Waals surface area contributed by atoms with Crippen molar-refractivity contribution in [2.24, 2.45) is 4.99 Å². The zero-order chi connectivity index (χ0) is 20.9. The van der Waals surface area contributed by atoms with Crippen LogP contribution in [0.25, 0.3) is 0 Å². The largest absolute Gasteiger partial charge is 0.444 e. The first-order valence-corrected chi connectivity index (χ1v) is 10.7. The summed E-state index contributed by atoms with van der Waals surface area (Å²) in [7, 11) is 1.79. The van der Waals surface area contributed by atoms with Gasteiger partial charge in [0.15, 0.2) is 5.96 Å². The van der Waals surface area contributed by atoms with Crippen molar-refractivity contribution < 1.29 is 9.53 Å². The van der Waals surface area contributed by atoms with Gasteiger partial charge in [-0.3, -0.25) is 4.99 Å². The highest BCUT2D eigenvalue weighted by Gasteiger charge is 2.27. The molecule has 29 heavy (non-hydrogen) atoms. The Morgan fingerprint density at radius 1 is 1.24 bits per heavy atom. The number of fused-ring (bicyclic) bond motifs is 1. The molecular weight excluding hydrogens is 370 g/mol. The molecule has 0 radical (unpaired) electrons. The number of carbonyl (C=O) groups excluding carboxylic acids is 1. The van der Waals surface area contributed by atoms with Crippen LogP contribution in [-0.2, 0) is 24.1 Å². The molecule has 1 aromatic rings. The number of likely N-dealkylation sites (tertiary alicyclic amines) is 1.